The molecule has 33 heavy (non-hydrogen) atoms. The second-order valence-corrected chi connectivity index (χ2v) is 10.6. The first-order chi connectivity index (χ1) is 15.6. The van der Waals surface area contributed by atoms with Crippen molar-refractivity contribution in [3.05, 3.63) is 47.1 Å². The second kappa shape index (κ2) is 7.58. The lowest BCUT2D eigenvalue weighted by Crippen LogP contribution is -2.42. The fourth-order valence-corrected chi connectivity index (χ4v) is 5.22. The number of hydrogen-bond acceptors (Lipinski definition) is 3. The number of aromatic amines is 1. The van der Waals surface area contributed by atoms with E-state index in [0.29, 0.717) is 5.92 Å². The number of methoxy groups -OCH3 is 1. The molecule has 174 valence electrons. The van der Waals surface area contributed by atoms with Crippen LogP contribution in [0.1, 0.15) is 65.0 Å². The third-order valence-electron chi connectivity index (χ3n) is 7.48. The fraction of sp³-hybridized carbons (Fsp3) is 0.448. The molecule has 2 aliphatic rings. The summed E-state index contributed by atoms with van der Waals surface area (Å²) >= 11 is 0. The average molecular weight is 446 g/mol. The summed E-state index contributed by atoms with van der Waals surface area (Å²) < 4.78 is 19.0. The van der Waals surface area contributed by atoms with Crippen LogP contribution < -0.4 is 14.2 Å². The highest BCUT2D eigenvalue weighted by Gasteiger charge is 2.38. The zero-order valence-electron chi connectivity index (χ0n) is 20.9. The Kier molecular flexibility index (Phi) is 5.04. The Balaban J connectivity index is 1.66. The predicted octanol–water partition coefficient (Wildman–Crippen LogP) is 7.73. The number of fused-ring (bicyclic) bond motifs is 5. The summed E-state index contributed by atoms with van der Waals surface area (Å²) in [5.41, 5.74) is 5.31. The van der Waals surface area contributed by atoms with Crippen LogP contribution in [0, 0.1) is 12.8 Å². The van der Waals surface area contributed by atoms with Crippen LogP contribution in [0.15, 0.2) is 35.9 Å². The molecule has 0 saturated carbocycles. The number of aromatic nitrogens is 1. The van der Waals surface area contributed by atoms with Gasteiger partial charge in [0.2, 0.25) is 0 Å². The highest BCUT2D eigenvalue weighted by Crippen LogP contribution is 2.45. The van der Waals surface area contributed by atoms with Gasteiger partial charge in [0.25, 0.3) is 0 Å². The Morgan fingerprint density at radius 3 is 2.52 bits per heavy atom. The molecule has 3 aromatic rings. The Labute approximate surface area is 196 Å². The maximum atomic E-state index is 6.81. The van der Waals surface area contributed by atoms with E-state index in [1.807, 2.05) is 0 Å². The molecule has 0 fully saturated rings. The normalized spacial score (nSPS) is 21.8. The lowest BCUT2D eigenvalue weighted by atomic mass is 9.78. The SMILES string of the molecule is COc1cc2c(cc1OC1(C(C)C)CC=C(C)CC1)[nH]c1c3c(c(C)cc12)OC(C)(C)C=C3. The second-order valence-electron chi connectivity index (χ2n) is 10.6. The lowest BCUT2D eigenvalue weighted by Gasteiger charge is -2.40. The van der Waals surface area contributed by atoms with E-state index in [0.717, 1.165) is 64.1 Å². The smallest absolute Gasteiger partial charge is 0.164 e. The molecule has 2 heterocycles. The zero-order valence-corrected chi connectivity index (χ0v) is 20.9. The quantitative estimate of drug-likeness (QED) is 0.418. The molecule has 0 radical (unpaired) electrons. The molecule has 1 aromatic heterocycles. The van der Waals surface area contributed by atoms with Crippen LogP contribution >= 0.6 is 0 Å². The van der Waals surface area contributed by atoms with Gasteiger partial charge in [-0.2, -0.15) is 0 Å². The van der Waals surface area contributed by atoms with E-state index in [9.17, 15) is 0 Å². The highest BCUT2D eigenvalue weighted by atomic mass is 16.5. The molecule has 1 N–H and O–H groups in total. The lowest BCUT2D eigenvalue weighted by molar-refractivity contribution is 0.0101. The number of rotatable bonds is 4. The molecule has 0 saturated heterocycles. The topological polar surface area (TPSA) is 43.5 Å². The maximum Gasteiger partial charge on any atom is 0.164 e. The molecular formula is C29H35NO3. The van der Waals surface area contributed by atoms with E-state index in [1.54, 1.807) is 7.11 Å². The first-order valence-electron chi connectivity index (χ1n) is 12.0. The van der Waals surface area contributed by atoms with Crippen LogP contribution in [0.4, 0.5) is 0 Å². The van der Waals surface area contributed by atoms with E-state index < -0.39 is 0 Å². The van der Waals surface area contributed by atoms with Crippen molar-refractivity contribution in [1.82, 2.24) is 4.98 Å². The van der Waals surface area contributed by atoms with Crippen molar-refractivity contribution in [2.24, 2.45) is 5.92 Å². The van der Waals surface area contributed by atoms with Crippen molar-refractivity contribution in [3.8, 4) is 17.2 Å². The minimum atomic E-state index is -0.306. The number of nitrogens with one attached hydrogen (secondary N) is 1. The summed E-state index contributed by atoms with van der Waals surface area (Å²) in [4.78, 5) is 3.66. The number of aryl methyl sites for hydroxylation is 1. The van der Waals surface area contributed by atoms with Gasteiger partial charge in [0.15, 0.2) is 11.5 Å². The molecule has 2 aromatic carbocycles. The molecule has 1 atom stereocenters. The number of ether oxygens (including phenoxy) is 3. The summed E-state index contributed by atoms with van der Waals surface area (Å²) in [7, 11) is 1.72. The van der Waals surface area contributed by atoms with Crippen LogP contribution in [0.2, 0.25) is 0 Å². The summed E-state index contributed by atoms with van der Waals surface area (Å²) in [6.07, 6.45) is 9.66. The third kappa shape index (κ3) is 3.60. The van der Waals surface area contributed by atoms with Crippen molar-refractivity contribution in [2.45, 2.75) is 72.0 Å². The largest absolute Gasteiger partial charge is 0.493 e. The van der Waals surface area contributed by atoms with Gasteiger partial charge in [0, 0.05) is 28.8 Å². The molecule has 1 unspecified atom stereocenters. The van der Waals surface area contributed by atoms with Gasteiger partial charge in [-0.25, -0.2) is 0 Å². The molecule has 0 spiro atoms. The molecule has 4 nitrogen and oxygen atoms in total. The summed E-state index contributed by atoms with van der Waals surface area (Å²) in [5.74, 6) is 2.92. The van der Waals surface area contributed by atoms with E-state index in [4.69, 9.17) is 14.2 Å². The third-order valence-corrected chi connectivity index (χ3v) is 7.48. The minimum Gasteiger partial charge on any atom is -0.493 e. The summed E-state index contributed by atoms with van der Waals surface area (Å²) in [5, 5.41) is 2.31. The van der Waals surface area contributed by atoms with Crippen LogP contribution in [0.25, 0.3) is 27.9 Å². The number of H-pyrrole nitrogens is 1. The zero-order chi connectivity index (χ0) is 23.5. The van der Waals surface area contributed by atoms with Crippen LogP contribution in [0.3, 0.4) is 0 Å². The Morgan fingerprint density at radius 2 is 1.85 bits per heavy atom. The molecule has 1 aliphatic heterocycles. The van der Waals surface area contributed by atoms with Crippen LogP contribution in [-0.2, 0) is 0 Å². The Morgan fingerprint density at radius 1 is 1.06 bits per heavy atom. The van der Waals surface area contributed by atoms with Gasteiger partial charge in [-0.05, 0) is 76.3 Å². The minimum absolute atomic E-state index is 0.218. The number of allylic oxidation sites excluding steroid dienone is 1. The van der Waals surface area contributed by atoms with E-state index in [1.165, 1.54) is 11.0 Å². The summed E-state index contributed by atoms with van der Waals surface area (Å²) in [6, 6.07) is 6.44. The molecule has 0 amide bonds. The van der Waals surface area contributed by atoms with Crippen molar-refractivity contribution in [3.63, 3.8) is 0 Å². The average Bonchev–Trinajstić information content (AvgIpc) is 3.11. The van der Waals surface area contributed by atoms with Gasteiger partial charge in [-0.3, -0.25) is 0 Å². The van der Waals surface area contributed by atoms with Crippen molar-refractivity contribution in [2.75, 3.05) is 7.11 Å². The maximum absolute atomic E-state index is 6.81. The van der Waals surface area contributed by atoms with E-state index >= 15 is 0 Å². The van der Waals surface area contributed by atoms with Crippen molar-refractivity contribution < 1.29 is 14.2 Å². The summed E-state index contributed by atoms with van der Waals surface area (Å²) in [6.45, 7) is 13.0. The van der Waals surface area contributed by atoms with E-state index in [2.05, 4.69) is 83.0 Å². The van der Waals surface area contributed by atoms with Gasteiger partial charge in [-0.1, -0.05) is 25.5 Å². The molecule has 4 heteroatoms. The fourth-order valence-electron chi connectivity index (χ4n) is 5.22. The van der Waals surface area contributed by atoms with Crippen LogP contribution in [-0.4, -0.2) is 23.3 Å². The van der Waals surface area contributed by atoms with Crippen molar-refractivity contribution in [1.29, 1.82) is 0 Å². The van der Waals surface area contributed by atoms with Gasteiger partial charge < -0.3 is 19.2 Å². The van der Waals surface area contributed by atoms with Gasteiger partial charge >= 0.3 is 0 Å². The molecule has 5 rings (SSSR count). The predicted molar refractivity (Wildman–Crippen MR) is 137 cm³/mol. The first-order valence-corrected chi connectivity index (χ1v) is 12.0. The van der Waals surface area contributed by atoms with Gasteiger partial charge in [0.05, 0.1) is 18.1 Å². The Bertz CT molecular complexity index is 1310. The van der Waals surface area contributed by atoms with E-state index in [-0.39, 0.29) is 11.2 Å². The monoisotopic (exact) mass is 445 g/mol. The number of benzene rings is 2. The molecular weight excluding hydrogens is 410 g/mol. The number of hydrogen-bond donors (Lipinski definition) is 1. The molecule has 0 bridgehead atoms. The van der Waals surface area contributed by atoms with Gasteiger partial charge in [-0.15, -0.1) is 0 Å². The van der Waals surface area contributed by atoms with Gasteiger partial charge in [0.1, 0.15) is 17.0 Å². The highest BCUT2D eigenvalue weighted by molar-refractivity contribution is 6.11. The standard InChI is InChI=1S/C29H35NO3/c1-17(2)29(12-8-18(3)9-13-29)32-25-16-23-21(15-24(25)31-7)22-14-19(4)27-20(26(22)30-23)10-11-28(5,6)33-27/h8,10-11,14-17,30H,9,12-13H2,1-7H3. The molecule has 1 aliphatic carbocycles. The Hall–Kier alpha value is -2.88. The van der Waals surface area contributed by atoms with Crippen LogP contribution in [0.5, 0.6) is 17.2 Å². The first kappa shape index (κ1) is 21.9. The van der Waals surface area contributed by atoms with Crippen molar-refractivity contribution >= 4 is 27.9 Å².